The number of benzene rings is 9. The second-order valence-electron chi connectivity index (χ2n) is 16.9. The van der Waals surface area contributed by atoms with E-state index in [9.17, 15) is 0 Å². The molecule has 0 unspecified atom stereocenters. The molecule has 0 saturated heterocycles. The summed E-state index contributed by atoms with van der Waals surface area (Å²) < 4.78 is 15.0. The standard InChI is InChI=1S/C57H38N2O2/c1-57(2)49-20-9-6-17-41(49)44-33-46-45-30-36(23-26-51(45)59(52(46)34-50(44)57)37-14-4-3-5-15-37)35-13-12-16-38(29-35)58(39-24-27-55-47(31-39)42-18-7-10-21-53(42)60-55)40-25-28-56-48(32-40)43-19-8-11-22-54(43)61-56/h3-34H,1-2H3. The average molecular weight is 783 g/mol. The number of hydrogen-bond donors (Lipinski definition) is 0. The van der Waals surface area contributed by atoms with Crippen molar-refractivity contribution >= 4 is 82.7 Å². The molecule has 4 nitrogen and oxygen atoms in total. The summed E-state index contributed by atoms with van der Waals surface area (Å²) in [6.07, 6.45) is 0. The van der Waals surface area contributed by atoms with Crippen LogP contribution in [0.5, 0.6) is 0 Å². The number of para-hydroxylation sites is 3. The maximum atomic E-state index is 6.29. The van der Waals surface area contributed by atoms with Crippen molar-refractivity contribution in [2.75, 3.05) is 4.90 Å². The number of aromatic nitrogens is 1. The molecule has 0 spiro atoms. The third-order valence-electron chi connectivity index (χ3n) is 13.2. The molecule has 61 heavy (non-hydrogen) atoms. The van der Waals surface area contributed by atoms with E-state index in [0.717, 1.165) is 77.8 Å². The summed E-state index contributed by atoms with van der Waals surface area (Å²) in [7, 11) is 0. The number of hydrogen-bond acceptors (Lipinski definition) is 3. The van der Waals surface area contributed by atoms with Crippen molar-refractivity contribution in [3.63, 3.8) is 0 Å². The fourth-order valence-corrected chi connectivity index (χ4v) is 10.2. The van der Waals surface area contributed by atoms with Gasteiger partial charge in [0.15, 0.2) is 0 Å². The van der Waals surface area contributed by atoms with Crippen molar-refractivity contribution in [3.05, 3.63) is 205 Å². The van der Waals surface area contributed by atoms with Gasteiger partial charge in [-0.15, -0.1) is 0 Å². The monoisotopic (exact) mass is 782 g/mol. The Labute approximate surface area is 352 Å². The molecule has 288 valence electrons. The van der Waals surface area contributed by atoms with Crippen molar-refractivity contribution in [1.29, 1.82) is 0 Å². The molecule has 0 fully saturated rings. The van der Waals surface area contributed by atoms with Gasteiger partial charge in [-0.1, -0.05) is 111 Å². The molecule has 1 aliphatic rings. The lowest BCUT2D eigenvalue weighted by Crippen LogP contribution is -2.14. The lowest BCUT2D eigenvalue weighted by Gasteiger charge is -2.26. The molecule has 4 heteroatoms. The molecule has 0 bridgehead atoms. The molecule has 0 amide bonds. The Morgan fingerprint density at radius 1 is 0.377 bits per heavy atom. The number of nitrogens with zero attached hydrogens (tertiary/aromatic N) is 2. The third-order valence-corrected chi connectivity index (χ3v) is 13.2. The highest BCUT2D eigenvalue weighted by Crippen LogP contribution is 2.51. The number of anilines is 3. The minimum atomic E-state index is -0.0972. The molecule has 9 aromatic carbocycles. The van der Waals surface area contributed by atoms with Gasteiger partial charge < -0.3 is 18.3 Å². The SMILES string of the molecule is CC1(C)c2ccccc2-c2cc3c4cc(-c5cccc(N(c6ccc7oc8ccccc8c7c6)c6ccc7oc8ccccc8c7c6)c5)ccc4n(-c4ccccc4)c3cc21. The topological polar surface area (TPSA) is 34.5 Å². The van der Waals surface area contributed by atoms with Crippen molar-refractivity contribution in [3.8, 4) is 27.9 Å². The van der Waals surface area contributed by atoms with Gasteiger partial charge in [0.05, 0.1) is 11.0 Å². The minimum absolute atomic E-state index is 0.0972. The summed E-state index contributed by atoms with van der Waals surface area (Å²) in [6, 6.07) is 70.1. The van der Waals surface area contributed by atoms with Crippen molar-refractivity contribution < 1.29 is 8.83 Å². The molecule has 0 radical (unpaired) electrons. The predicted octanol–water partition coefficient (Wildman–Crippen LogP) is 16.0. The van der Waals surface area contributed by atoms with Crippen LogP contribution in [0.1, 0.15) is 25.0 Å². The van der Waals surface area contributed by atoms with Crippen LogP contribution in [0.4, 0.5) is 17.1 Å². The van der Waals surface area contributed by atoms with Crippen LogP contribution in [0.15, 0.2) is 203 Å². The molecule has 13 rings (SSSR count). The fraction of sp³-hybridized carbons (Fsp3) is 0.0526. The first kappa shape index (κ1) is 34.1. The molecule has 1 aliphatic carbocycles. The summed E-state index contributed by atoms with van der Waals surface area (Å²) in [6.45, 7) is 4.72. The van der Waals surface area contributed by atoms with Gasteiger partial charge in [-0.3, -0.25) is 0 Å². The molecule has 3 heterocycles. The first-order valence-electron chi connectivity index (χ1n) is 21.0. The number of furan rings is 2. The van der Waals surface area contributed by atoms with E-state index >= 15 is 0 Å². The molecule has 0 saturated carbocycles. The molecule has 12 aromatic rings. The van der Waals surface area contributed by atoms with Gasteiger partial charge in [0.25, 0.3) is 0 Å². The van der Waals surface area contributed by atoms with E-state index in [4.69, 9.17) is 8.83 Å². The summed E-state index contributed by atoms with van der Waals surface area (Å²) in [5.74, 6) is 0. The van der Waals surface area contributed by atoms with Gasteiger partial charge in [0.2, 0.25) is 0 Å². The maximum Gasteiger partial charge on any atom is 0.135 e. The molecular formula is C57H38N2O2. The van der Waals surface area contributed by atoms with Crippen LogP contribution >= 0.6 is 0 Å². The Morgan fingerprint density at radius 3 is 1.69 bits per heavy atom. The van der Waals surface area contributed by atoms with E-state index in [0.29, 0.717) is 0 Å². The number of rotatable bonds is 5. The van der Waals surface area contributed by atoms with Crippen LogP contribution in [0.2, 0.25) is 0 Å². The molecule has 3 aromatic heterocycles. The quantitative estimate of drug-likeness (QED) is 0.174. The molecule has 0 N–H and O–H groups in total. The zero-order valence-corrected chi connectivity index (χ0v) is 33.7. The van der Waals surface area contributed by atoms with Gasteiger partial charge in [-0.25, -0.2) is 0 Å². The first-order chi connectivity index (χ1) is 30.0. The van der Waals surface area contributed by atoms with E-state index < -0.39 is 0 Å². The smallest absolute Gasteiger partial charge is 0.135 e. The Hall–Kier alpha value is -7.82. The molecular weight excluding hydrogens is 745 g/mol. The van der Waals surface area contributed by atoms with Crippen LogP contribution in [0.25, 0.3) is 93.6 Å². The van der Waals surface area contributed by atoms with Gasteiger partial charge in [0, 0.05) is 60.5 Å². The second kappa shape index (κ2) is 12.6. The normalized spacial score (nSPS) is 13.2. The summed E-state index contributed by atoms with van der Waals surface area (Å²) in [5.41, 5.74) is 17.9. The zero-order chi connectivity index (χ0) is 40.4. The lowest BCUT2D eigenvalue weighted by atomic mass is 9.82. The van der Waals surface area contributed by atoms with Crippen LogP contribution in [-0.4, -0.2) is 4.57 Å². The summed E-state index contributed by atoms with van der Waals surface area (Å²) in [5, 5.41) is 6.86. The Morgan fingerprint density at radius 2 is 0.967 bits per heavy atom. The Balaban J connectivity index is 1.01. The zero-order valence-electron chi connectivity index (χ0n) is 33.7. The third kappa shape index (κ3) is 5.00. The van der Waals surface area contributed by atoms with E-state index in [1.165, 1.54) is 44.1 Å². The van der Waals surface area contributed by atoms with E-state index in [-0.39, 0.29) is 5.41 Å². The van der Waals surface area contributed by atoms with Crippen LogP contribution in [-0.2, 0) is 5.41 Å². The van der Waals surface area contributed by atoms with Gasteiger partial charge >= 0.3 is 0 Å². The van der Waals surface area contributed by atoms with Gasteiger partial charge in [0.1, 0.15) is 22.3 Å². The number of fused-ring (bicyclic) bond motifs is 12. The first-order valence-corrected chi connectivity index (χ1v) is 21.0. The average Bonchev–Trinajstić information content (AvgIpc) is 4.02. The van der Waals surface area contributed by atoms with E-state index in [1.54, 1.807) is 0 Å². The van der Waals surface area contributed by atoms with Gasteiger partial charge in [-0.2, -0.15) is 0 Å². The maximum absolute atomic E-state index is 6.29. The fourth-order valence-electron chi connectivity index (χ4n) is 10.2. The Kier molecular flexibility index (Phi) is 7.04. The van der Waals surface area contributed by atoms with Crippen molar-refractivity contribution in [1.82, 2.24) is 4.57 Å². The van der Waals surface area contributed by atoms with Crippen LogP contribution < -0.4 is 4.90 Å². The summed E-state index contributed by atoms with van der Waals surface area (Å²) in [4.78, 5) is 2.36. The largest absolute Gasteiger partial charge is 0.456 e. The second-order valence-corrected chi connectivity index (χ2v) is 16.9. The van der Waals surface area contributed by atoms with E-state index in [1.807, 2.05) is 24.3 Å². The highest BCUT2D eigenvalue weighted by Gasteiger charge is 2.36. The predicted molar refractivity (Wildman–Crippen MR) is 253 cm³/mol. The Bertz CT molecular complexity index is 3640. The molecule has 0 aliphatic heterocycles. The van der Waals surface area contributed by atoms with Gasteiger partial charge in [-0.05, 0) is 130 Å². The van der Waals surface area contributed by atoms with Crippen LogP contribution in [0, 0.1) is 0 Å². The summed E-state index contributed by atoms with van der Waals surface area (Å²) >= 11 is 0. The minimum Gasteiger partial charge on any atom is -0.456 e. The van der Waals surface area contributed by atoms with Crippen molar-refractivity contribution in [2.45, 2.75) is 19.3 Å². The van der Waals surface area contributed by atoms with Crippen LogP contribution in [0.3, 0.4) is 0 Å². The lowest BCUT2D eigenvalue weighted by molar-refractivity contribution is 0.661. The van der Waals surface area contributed by atoms with Crippen molar-refractivity contribution in [2.24, 2.45) is 0 Å². The highest BCUT2D eigenvalue weighted by molar-refractivity contribution is 6.13. The molecule has 0 atom stereocenters. The highest BCUT2D eigenvalue weighted by atomic mass is 16.3. The van der Waals surface area contributed by atoms with E-state index in [2.05, 4.69) is 193 Å².